The van der Waals surface area contributed by atoms with Crippen molar-refractivity contribution in [2.45, 2.75) is 51.9 Å². The first-order valence-electron chi connectivity index (χ1n) is 12.7. The van der Waals surface area contributed by atoms with Crippen molar-refractivity contribution in [2.75, 3.05) is 26.7 Å². The minimum atomic E-state index is -0.348. The van der Waals surface area contributed by atoms with Gasteiger partial charge >= 0.3 is 5.97 Å². The third kappa shape index (κ3) is 6.25. The summed E-state index contributed by atoms with van der Waals surface area (Å²) >= 11 is 0. The quantitative estimate of drug-likeness (QED) is 0.225. The average Bonchev–Trinajstić information content (AvgIpc) is 3.24. The predicted molar refractivity (Wildman–Crippen MR) is 143 cm³/mol. The van der Waals surface area contributed by atoms with Gasteiger partial charge in [0.15, 0.2) is 0 Å². The Bertz CT molecular complexity index is 1250. The van der Waals surface area contributed by atoms with E-state index in [1.807, 2.05) is 49.4 Å². The lowest BCUT2D eigenvalue weighted by molar-refractivity contribution is 0.0601. The molecule has 1 aromatic carbocycles. The van der Waals surface area contributed by atoms with Crippen molar-refractivity contribution in [1.82, 2.24) is 19.9 Å². The number of aromatic amines is 1. The molecule has 0 aliphatic carbocycles. The Morgan fingerprint density at radius 1 is 1.17 bits per heavy atom. The van der Waals surface area contributed by atoms with Gasteiger partial charge < -0.3 is 14.6 Å². The number of nitrogens with zero attached hydrogens (tertiary/aromatic N) is 3. The van der Waals surface area contributed by atoms with Gasteiger partial charge in [-0.25, -0.2) is 14.8 Å². The number of unbranched alkanes of at least 4 members (excludes halogenated alkanes) is 1. The first-order valence-corrected chi connectivity index (χ1v) is 12.7. The highest BCUT2D eigenvalue weighted by Gasteiger charge is 2.16. The number of fused-ring (bicyclic) bond motifs is 3. The molecule has 3 aromatic rings. The summed E-state index contributed by atoms with van der Waals surface area (Å²) in [6, 6.07) is 5.62. The number of piperidine rings is 1. The molecule has 1 aliphatic heterocycles. The van der Waals surface area contributed by atoms with Crippen LogP contribution in [0.2, 0.25) is 0 Å². The maximum Gasteiger partial charge on any atom is 0.337 e. The molecule has 184 valence electrons. The fourth-order valence-corrected chi connectivity index (χ4v) is 4.81. The standard InChI is InChI=1S/C29H36N4O2/c1-4-5-7-12-21(2)19-26-30-24(13-8-11-18-33-16-9-6-10-17-33)27-23-15-14-22(29(34)35-3)20-25(23)31-28(27)32-26/h4-5,7,12,14-15,20H,2,6,8-11,13,16-19H2,1,3H3,(H,30,31,32)/b5-4-,12-7-. The molecule has 0 spiro atoms. The summed E-state index contributed by atoms with van der Waals surface area (Å²) in [6.45, 7) is 9.78. The number of ether oxygens (including phenoxy) is 1. The van der Waals surface area contributed by atoms with Crippen molar-refractivity contribution in [3.63, 3.8) is 0 Å². The van der Waals surface area contributed by atoms with Gasteiger partial charge in [-0.2, -0.15) is 0 Å². The van der Waals surface area contributed by atoms with Gasteiger partial charge in [0, 0.05) is 22.7 Å². The molecule has 0 atom stereocenters. The molecule has 6 heteroatoms. The summed E-state index contributed by atoms with van der Waals surface area (Å²) in [5, 5.41) is 2.09. The minimum absolute atomic E-state index is 0.348. The van der Waals surface area contributed by atoms with E-state index < -0.39 is 0 Å². The van der Waals surface area contributed by atoms with E-state index in [0.717, 1.165) is 64.8 Å². The van der Waals surface area contributed by atoms with Gasteiger partial charge in [-0.3, -0.25) is 0 Å². The number of H-pyrrole nitrogens is 1. The first kappa shape index (κ1) is 24.9. The van der Waals surface area contributed by atoms with Crippen molar-refractivity contribution >= 4 is 27.9 Å². The van der Waals surface area contributed by atoms with Crippen molar-refractivity contribution in [2.24, 2.45) is 0 Å². The van der Waals surface area contributed by atoms with E-state index in [4.69, 9.17) is 14.7 Å². The molecule has 0 bridgehead atoms. The van der Waals surface area contributed by atoms with Crippen molar-refractivity contribution in [1.29, 1.82) is 0 Å². The van der Waals surface area contributed by atoms with Crippen molar-refractivity contribution < 1.29 is 9.53 Å². The second-order valence-electron chi connectivity index (χ2n) is 9.27. The second-order valence-corrected chi connectivity index (χ2v) is 9.27. The number of methoxy groups -OCH3 is 1. The molecule has 4 rings (SSSR count). The maximum absolute atomic E-state index is 12.0. The Morgan fingerprint density at radius 3 is 2.77 bits per heavy atom. The second kappa shape index (κ2) is 11.9. The van der Waals surface area contributed by atoms with Crippen LogP contribution in [0.3, 0.4) is 0 Å². The summed E-state index contributed by atoms with van der Waals surface area (Å²) in [6.07, 6.45) is 15.7. The monoisotopic (exact) mass is 472 g/mol. The summed E-state index contributed by atoms with van der Waals surface area (Å²) < 4.78 is 4.90. The number of likely N-dealkylation sites (tertiary alicyclic amines) is 1. The number of aromatic nitrogens is 3. The van der Waals surface area contributed by atoms with Gasteiger partial charge in [0.05, 0.1) is 18.4 Å². The number of hydrogen-bond donors (Lipinski definition) is 1. The summed E-state index contributed by atoms with van der Waals surface area (Å²) in [5.74, 6) is 0.415. The third-order valence-corrected chi connectivity index (χ3v) is 6.60. The number of benzene rings is 1. The van der Waals surface area contributed by atoms with Crippen LogP contribution in [0, 0.1) is 0 Å². The number of hydrogen-bond acceptors (Lipinski definition) is 5. The van der Waals surface area contributed by atoms with E-state index in [9.17, 15) is 4.79 Å². The maximum atomic E-state index is 12.0. The van der Waals surface area contributed by atoms with Crippen LogP contribution in [-0.4, -0.2) is 52.6 Å². The number of rotatable bonds is 10. The van der Waals surface area contributed by atoms with Crippen LogP contribution in [0.4, 0.5) is 0 Å². The van der Waals surface area contributed by atoms with Crippen LogP contribution in [0.5, 0.6) is 0 Å². The number of allylic oxidation sites excluding steroid dienone is 5. The number of esters is 1. The Kier molecular flexibility index (Phi) is 8.48. The zero-order valence-corrected chi connectivity index (χ0v) is 21.0. The van der Waals surface area contributed by atoms with Gasteiger partial charge in [0.2, 0.25) is 0 Å². The lowest BCUT2D eigenvalue weighted by atomic mass is 10.1. The van der Waals surface area contributed by atoms with Gasteiger partial charge in [0.25, 0.3) is 0 Å². The number of carbonyl (C=O) groups excluding carboxylic acids is 1. The van der Waals surface area contributed by atoms with E-state index >= 15 is 0 Å². The molecule has 0 amide bonds. The van der Waals surface area contributed by atoms with Crippen LogP contribution >= 0.6 is 0 Å². The van der Waals surface area contributed by atoms with Crippen LogP contribution in [0.1, 0.15) is 60.9 Å². The number of carbonyl (C=O) groups is 1. The molecule has 1 aliphatic rings. The fraction of sp³-hybridized carbons (Fsp3) is 0.414. The van der Waals surface area contributed by atoms with Gasteiger partial charge in [0.1, 0.15) is 11.5 Å². The average molecular weight is 473 g/mol. The van der Waals surface area contributed by atoms with Gasteiger partial charge in [-0.05, 0) is 76.4 Å². The lowest BCUT2D eigenvalue weighted by Gasteiger charge is -2.26. The molecular weight excluding hydrogens is 436 g/mol. The van der Waals surface area contributed by atoms with Crippen LogP contribution in [0.15, 0.2) is 54.7 Å². The summed E-state index contributed by atoms with van der Waals surface area (Å²) in [7, 11) is 1.40. The van der Waals surface area contributed by atoms with Crippen molar-refractivity contribution in [3.8, 4) is 0 Å². The Hall–Kier alpha value is -3.25. The number of nitrogens with one attached hydrogen (secondary N) is 1. The van der Waals surface area contributed by atoms with Crippen molar-refractivity contribution in [3.05, 3.63) is 71.7 Å². The van der Waals surface area contributed by atoms with Crippen LogP contribution in [-0.2, 0) is 17.6 Å². The zero-order valence-electron chi connectivity index (χ0n) is 21.0. The van der Waals surface area contributed by atoms with Gasteiger partial charge in [-0.1, -0.05) is 43.4 Å². The number of aryl methyl sites for hydroxylation is 1. The highest BCUT2D eigenvalue weighted by atomic mass is 16.5. The van der Waals surface area contributed by atoms with Gasteiger partial charge in [-0.15, -0.1) is 0 Å². The molecule has 0 saturated carbocycles. The Morgan fingerprint density at radius 2 is 2.00 bits per heavy atom. The zero-order chi connectivity index (χ0) is 24.6. The molecule has 35 heavy (non-hydrogen) atoms. The molecule has 6 nitrogen and oxygen atoms in total. The predicted octanol–water partition coefficient (Wildman–Crippen LogP) is 5.94. The molecule has 0 radical (unpaired) electrons. The van der Waals surface area contributed by atoms with Crippen LogP contribution < -0.4 is 0 Å². The molecule has 1 saturated heterocycles. The van der Waals surface area contributed by atoms with E-state index in [2.05, 4.69) is 16.5 Å². The first-order chi connectivity index (χ1) is 17.1. The molecule has 2 aromatic heterocycles. The largest absolute Gasteiger partial charge is 0.465 e. The third-order valence-electron chi connectivity index (χ3n) is 6.60. The topological polar surface area (TPSA) is 71.1 Å². The molecule has 1 N–H and O–H groups in total. The van der Waals surface area contributed by atoms with E-state index in [0.29, 0.717) is 12.0 Å². The smallest absolute Gasteiger partial charge is 0.337 e. The SMILES string of the molecule is C=C(/C=C\C=C/C)Cc1nc(CCCCN2CCCCC2)c2c(n1)[nH]c1cc(C(=O)OC)ccc12. The molecular formula is C29H36N4O2. The Balaban J connectivity index is 1.61. The fourth-order valence-electron chi connectivity index (χ4n) is 4.81. The molecule has 0 unspecified atom stereocenters. The van der Waals surface area contributed by atoms with E-state index in [-0.39, 0.29) is 5.97 Å². The highest BCUT2D eigenvalue weighted by Crippen LogP contribution is 2.29. The molecule has 1 fully saturated rings. The summed E-state index contributed by atoms with van der Waals surface area (Å²) in [4.78, 5) is 27.9. The highest BCUT2D eigenvalue weighted by molar-refractivity contribution is 6.08. The molecule has 3 heterocycles. The summed E-state index contributed by atoms with van der Waals surface area (Å²) in [5.41, 5.74) is 4.22. The lowest BCUT2D eigenvalue weighted by Crippen LogP contribution is -2.30. The minimum Gasteiger partial charge on any atom is -0.465 e. The Labute approximate surface area is 207 Å². The normalized spacial score (nSPS) is 15.0. The van der Waals surface area contributed by atoms with E-state index in [1.165, 1.54) is 39.5 Å². The van der Waals surface area contributed by atoms with E-state index in [1.54, 1.807) is 0 Å². The van der Waals surface area contributed by atoms with Crippen LogP contribution in [0.25, 0.3) is 21.9 Å².